The first-order valence-corrected chi connectivity index (χ1v) is 12.0. The topological polar surface area (TPSA) is 59.7 Å². The van der Waals surface area contributed by atoms with Gasteiger partial charge in [-0.3, -0.25) is 4.79 Å². The van der Waals surface area contributed by atoms with Crippen LogP contribution in [0.25, 0.3) is 0 Å². The van der Waals surface area contributed by atoms with Crippen LogP contribution in [-0.4, -0.2) is 17.7 Å². The molecule has 1 aromatic rings. The van der Waals surface area contributed by atoms with E-state index < -0.39 is 0 Å². The lowest BCUT2D eigenvalue weighted by atomic mass is 10.0. The van der Waals surface area contributed by atoms with Crippen LogP contribution in [0.4, 0.5) is 0 Å². The molecule has 0 aliphatic carbocycles. The maximum absolute atomic E-state index is 11.6. The molecule has 0 unspecified atom stereocenters. The maximum Gasteiger partial charge on any atom is 0.306 e. The first-order chi connectivity index (χ1) is 14.2. The Hall–Kier alpha value is -1.29. The third-order valence-electron chi connectivity index (χ3n) is 4.94. The molecule has 0 atom stereocenters. The van der Waals surface area contributed by atoms with E-state index in [0.29, 0.717) is 12.2 Å². The third-order valence-corrected chi connectivity index (χ3v) is 4.94. The Morgan fingerprint density at radius 3 is 1.69 bits per heavy atom. The number of rotatable bonds is 18. The number of aliphatic hydroxyl groups is 1. The minimum absolute atomic E-state index is 0.115. The molecule has 170 valence electrons. The zero-order valence-electron chi connectivity index (χ0n) is 19.1. The number of furan rings is 1. The molecule has 0 radical (unpaired) electrons. The van der Waals surface area contributed by atoms with E-state index in [1.54, 1.807) is 19.3 Å². The summed E-state index contributed by atoms with van der Waals surface area (Å²) < 4.78 is 10.3. The van der Waals surface area contributed by atoms with Crippen LogP contribution in [-0.2, 0) is 16.1 Å². The van der Waals surface area contributed by atoms with Crippen LogP contribution in [0, 0.1) is 0 Å². The van der Waals surface area contributed by atoms with Gasteiger partial charge in [0.25, 0.3) is 0 Å². The molecular formula is C25H46O4. The molecule has 0 aliphatic heterocycles. The van der Waals surface area contributed by atoms with Gasteiger partial charge in [0, 0.05) is 13.0 Å². The molecule has 29 heavy (non-hydrogen) atoms. The SMILES string of the molecule is CCCCCCCCCCCCCCCCCC(=O)OCc1ccco1.CCO. The van der Waals surface area contributed by atoms with Crippen molar-refractivity contribution in [3.63, 3.8) is 0 Å². The fourth-order valence-electron chi connectivity index (χ4n) is 3.26. The van der Waals surface area contributed by atoms with Crippen molar-refractivity contribution in [3.05, 3.63) is 24.2 Å². The third kappa shape index (κ3) is 21.2. The molecule has 0 amide bonds. The Bertz CT molecular complexity index is 428. The predicted molar refractivity (Wildman–Crippen MR) is 121 cm³/mol. The van der Waals surface area contributed by atoms with Gasteiger partial charge in [0.2, 0.25) is 0 Å². The van der Waals surface area contributed by atoms with Crippen molar-refractivity contribution in [1.29, 1.82) is 0 Å². The van der Waals surface area contributed by atoms with E-state index in [1.807, 2.05) is 6.07 Å². The summed E-state index contributed by atoms with van der Waals surface area (Å²) in [6.07, 6.45) is 22.2. The Morgan fingerprint density at radius 2 is 1.28 bits per heavy atom. The lowest BCUT2D eigenvalue weighted by molar-refractivity contribution is -0.145. The van der Waals surface area contributed by atoms with Crippen molar-refractivity contribution < 1.29 is 19.1 Å². The van der Waals surface area contributed by atoms with Gasteiger partial charge in [-0.25, -0.2) is 0 Å². The van der Waals surface area contributed by atoms with Crippen LogP contribution in [0.3, 0.4) is 0 Å². The molecule has 0 saturated heterocycles. The van der Waals surface area contributed by atoms with E-state index in [1.165, 1.54) is 83.5 Å². The zero-order chi connectivity index (χ0) is 21.4. The van der Waals surface area contributed by atoms with Crippen LogP contribution in [0.1, 0.15) is 122 Å². The number of hydrogen-bond acceptors (Lipinski definition) is 4. The van der Waals surface area contributed by atoms with Crippen molar-refractivity contribution in [3.8, 4) is 0 Å². The number of hydrogen-bond donors (Lipinski definition) is 1. The minimum atomic E-state index is -0.115. The Labute approximate surface area is 179 Å². The van der Waals surface area contributed by atoms with Gasteiger partial charge >= 0.3 is 5.97 Å². The van der Waals surface area contributed by atoms with E-state index in [0.717, 1.165) is 12.8 Å². The van der Waals surface area contributed by atoms with Crippen LogP contribution < -0.4 is 0 Å². The van der Waals surface area contributed by atoms with Crippen molar-refractivity contribution in [2.24, 2.45) is 0 Å². The molecule has 0 bridgehead atoms. The molecule has 0 fully saturated rings. The van der Waals surface area contributed by atoms with Crippen LogP contribution in [0.5, 0.6) is 0 Å². The summed E-state index contributed by atoms with van der Waals surface area (Å²) in [4.78, 5) is 11.6. The quantitative estimate of drug-likeness (QED) is 0.200. The second kappa shape index (κ2) is 23.0. The summed E-state index contributed by atoms with van der Waals surface area (Å²) in [7, 11) is 0. The molecule has 1 heterocycles. The monoisotopic (exact) mass is 410 g/mol. The van der Waals surface area contributed by atoms with Gasteiger partial charge in [-0.2, -0.15) is 0 Å². The molecule has 4 heteroatoms. The smallest absolute Gasteiger partial charge is 0.306 e. The number of carbonyl (C=O) groups excluding carboxylic acids is 1. The summed E-state index contributed by atoms with van der Waals surface area (Å²) in [6.45, 7) is 4.46. The average Bonchev–Trinajstić information content (AvgIpc) is 3.23. The standard InChI is InChI=1S/C23H40O3.C2H6O/c1-2-3-4-5-6-7-8-9-10-11-12-13-14-15-16-19-23(24)26-21-22-18-17-20-25-22;1-2-3/h17-18,20H,2-16,19,21H2,1H3;3H,2H2,1H3. The molecule has 0 saturated carbocycles. The zero-order valence-corrected chi connectivity index (χ0v) is 19.1. The van der Waals surface area contributed by atoms with Gasteiger partial charge in [-0.05, 0) is 25.5 Å². The van der Waals surface area contributed by atoms with E-state index in [4.69, 9.17) is 14.3 Å². The number of carbonyl (C=O) groups is 1. The normalized spacial score (nSPS) is 10.4. The van der Waals surface area contributed by atoms with Gasteiger partial charge < -0.3 is 14.3 Å². The molecule has 0 aromatic carbocycles. The number of aliphatic hydroxyl groups excluding tert-OH is 1. The van der Waals surface area contributed by atoms with Gasteiger partial charge in [-0.1, -0.05) is 96.8 Å². The molecule has 1 rings (SSSR count). The second-order valence-corrected chi connectivity index (χ2v) is 7.76. The van der Waals surface area contributed by atoms with Crippen LogP contribution in [0.15, 0.2) is 22.8 Å². The fourth-order valence-corrected chi connectivity index (χ4v) is 3.26. The highest BCUT2D eigenvalue weighted by atomic mass is 16.5. The Morgan fingerprint density at radius 1 is 0.828 bits per heavy atom. The van der Waals surface area contributed by atoms with Crippen molar-refractivity contribution in [2.75, 3.05) is 6.61 Å². The second-order valence-electron chi connectivity index (χ2n) is 7.76. The Balaban J connectivity index is 0.00000245. The molecule has 0 aliphatic rings. The summed E-state index contributed by atoms with van der Waals surface area (Å²) in [5.74, 6) is 0.589. The maximum atomic E-state index is 11.6. The van der Waals surface area contributed by atoms with E-state index in [9.17, 15) is 4.79 Å². The summed E-state index contributed by atoms with van der Waals surface area (Å²) in [6, 6.07) is 3.62. The van der Waals surface area contributed by atoms with E-state index >= 15 is 0 Å². The van der Waals surface area contributed by atoms with Gasteiger partial charge in [-0.15, -0.1) is 0 Å². The number of esters is 1. The molecule has 0 spiro atoms. The van der Waals surface area contributed by atoms with Gasteiger partial charge in [0.05, 0.1) is 6.26 Å². The van der Waals surface area contributed by atoms with Gasteiger partial charge in [0.1, 0.15) is 12.4 Å². The number of ether oxygens (including phenoxy) is 1. The van der Waals surface area contributed by atoms with E-state index in [2.05, 4.69) is 6.92 Å². The molecule has 4 nitrogen and oxygen atoms in total. The lowest BCUT2D eigenvalue weighted by Crippen LogP contribution is -2.03. The average molecular weight is 411 g/mol. The lowest BCUT2D eigenvalue weighted by Gasteiger charge is -2.04. The minimum Gasteiger partial charge on any atom is -0.466 e. The van der Waals surface area contributed by atoms with Crippen LogP contribution >= 0.6 is 0 Å². The number of unbranched alkanes of at least 4 members (excludes halogenated alkanes) is 14. The largest absolute Gasteiger partial charge is 0.466 e. The predicted octanol–water partition coefficient (Wildman–Crippen LogP) is 7.58. The van der Waals surface area contributed by atoms with Crippen molar-refractivity contribution in [1.82, 2.24) is 0 Å². The van der Waals surface area contributed by atoms with Gasteiger partial charge in [0.15, 0.2) is 0 Å². The highest BCUT2D eigenvalue weighted by molar-refractivity contribution is 5.69. The summed E-state index contributed by atoms with van der Waals surface area (Å²) in [5.41, 5.74) is 0. The van der Waals surface area contributed by atoms with E-state index in [-0.39, 0.29) is 19.2 Å². The first kappa shape index (κ1) is 27.7. The highest BCUT2D eigenvalue weighted by Gasteiger charge is 2.04. The first-order valence-electron chi connectivity index (χ1n) is 12.0. The molecule has 1 N–H and O–H groups in total. The fraction of sp³-hybridized carbons (Fsp3) is 0.800. The van der Waals surface area contributed by atoms with Crippen molar-refractivity contribution in [2.45, 2.75) is 123 Å². The Kier molecular flexibility index (Phi) is 22.0. The molecule has 1 aromatic heterocycles. The summed E-state index contributed by atoms with van der Waals surface area (Å²) in [5, 5.41) is 7.57. The van der Waals surface area contributed by atoms with Crippen LogP contribution in [0.2, 0.25) is 0 Å². The molecular weight excluding hydrogens is 364 g/mol. The van der Waals surface area contributed by atoms with Crippen molar-refractivity contribution >= 4 is 5.97 Å². The summed E-state index contributed by atoms with van der Waals surface area (Å²) >= 11 is 0. The highest BCUT2D eigenvalue weighted by Crippen LogP contribution is 2.14.